The molecule has 1 atom stereocenters. The van der Waals surface area contributed by atoms with Crippen molar-refractivity contribution in [3.05, 3.63) is 28.6 Å². The summed E-state index contributed by atoms with van der Waals surface area (Å²) in [7, 11) is 0. The molecule has 4 rings (SSSR count). The Bertz CT molecular complexity index is 779. The molecule has 24 heavy (non-hydrogen) atoms. The predicted molar refractivity (Wildman–Crippen MR) is 102 cm³/mol. The lowest BCUT2D eigenvalue weighted by Crippen LogP contribution is -2.36. The fraction of sp³-hybridized carbons (Fsp3) is 0.438. The fourth-order valence-electron chi connectivity index (χ4n) is 2.90. The Kier molecular flexibility index (Phi) is 4.88. The predicted octanol–water partition coefficient (Wildman–Crippen LogP) is 4.84. The van der Waals surface area contributed by atoms with Gasteiger partial charge in [0, 0.05) is 23.7 Å². The summed E-state index contributed by atoms with van der Waals surface area (Å²) in [4.78, 5) is 9.50. The standard InChI is InChI=1S/C16H19N5S3/c1-11-5-2-3-7-21(11)10-12-9-17-15(23-12)18-16-20-19-14(24-16)13-6-4-8-22-13/h4,6,8-9,11H,2-3,5,7,10H2,1H3,(H,17,18,20). The Morgan fingerprint density at radius 3 is 3.04 bits per heavy atom. The van der Waals surface area contributed by atoms with Crippen LogP contribution in [0.15, 0.2) is 23.7 Å². The van der Waals surface area contributed by atoms with Gasteiger partial charge in [0.1, 0.15) is 0 Å². The first-order valence-electron chi connectivity index (χ1n) is 8.11. The summed E-state index contributed by atoms with van der Waals surface area (Å²) < 4.78 is 0. The van der Waals surface area contributed by atoms with Crippen molar-refractivity contribution in [2.45, 2.75) is 38.8 Å². The van der Waals surface area contributed by atoms with Crippen LogP contribution in [0.5, 0.6) is 0 Å². The maximum Gasteiger partial charge on any atom is 0.212 e. The molecule has 0 radical (unpaired) electrons. The lowest BCUT2D eigenvalue weighted by Gasteiger charge is -2.32. The van der Waals surface area contributed by atoms with E-state index in [0.717, 1.165) is 26.7 Å². The van der Waals surface area contributed by atoms with Crippen LogP contribution in [0.25, 0.3) is 9.88 Å². The Hall–Kier alpha value is -1.35. The van der Waals surface area contributed by atoms with Crippen molar-refractivity contribution in [1.29, 1.82) is 0 Å². The number of nitrogens with one attached hydrogen (secondary N) is 1. The summed E-state index contributed by atoms with van der Waals surface area (Å²) >= 11 is 4.95. The molecule has 3 aromatic heterocycles. The number of thiophene rings is 1. The summed E-state index contributed by atoms with van der Waals surface area (Å²) in [6.07, 6.45) is 5.96. The van der Waals surface area contributed by atoms with Crippen LogP contribution in [0.3, 0.4) is 0 Å². The van der Waals surface area contributed by atoms with Gasteiger partial charge in [-0.15, -0.1) is 32.9 Å². The number of anilines is 2. The number of piperidine rings is 1. The highest BCUT2D eigenvalue weighted by atomic mass is 32.1. The lowest BCUT2D eigenvalue weighted by molar-refractivity contribution is 0.154. The van der Waals surface area contributed by atoms with E-state index in [0.29, 0.717) is 6.04 Å². The Balaban J connectivity index is 1.40. The van der Waals surface area contributed by atoms with Crippen LogP contribution in [0.4, 0.5) is 10.3 Å². The number of nitrogens with zero attached hydrogens (tertiary/aromatic N) is 4. The quantitative estimate of drug-likeness (QED) is 0.689. The maximum absolute atomic E-state index is 4.50. The van der Waals surface area contributed by atoms with Crippen LogP contribution in [-0.2, 0) is 6.54 Å². The second-order valence-corrected chi connectivity index (χ2v) is 9.00. The average molecular weight is 378 g/mol. The number of aromatic nitrogens is 3. The van der Waals surface area contributed by atoms with E-state index in [-0.39, 0.29) is 0 Å². The zero-order chi connectivity index (χ0) is 16.4. The molecule has 8 heteroatoms. The first-order valence-corrected chi connectivity index (χ1v) is 10.6. The Morgan fingerprint density at radius 2 is 2.21 bits per heavy atom. The minimum atomic E-state index is 0.675. The lowest BCUT2D eigenvalue weighted by atomic mass is 10.0. The topological polar surface area (TPSA) is 53.9 Å². The summed E-state index contributed by atoms with van der Waals surface area (Å²) in [5.41, 5.74) is 0. The highest BCUT2D eigenvalue weighted by Crippen LogP contribution is 2.32. The van der Waals surface area contributed by atoms with Gasteiger partial charge in [-0.25, -0.2) is 4.98 Å². The first kappa shape index (κ1) is 16.1. The van der Waals surface area contributed by atoms with Crippen LogP contribution < -0.4 is 5.32 Å². The van der Waals surface area contributed by atoms with Gasteiger partial charge in [-0.05, 0) is 37.8 Å². The molecular weight excluding hydrogens is 358 g/mol. The molecule has 5 nitrogen and oxygen atoms in total. The molecule has 1 N–H and O–H groups in total. The number of thiazole rings is 1. The number of hydrogen-bond donors (Lipinski definition) is 1. The van der Waals surface area contributed by atoms with E-state index in [1.54, 1.807) is 34.0 Å². The van der Waals surface area contributed by atoms with Gasteiger partial charge in [0.15, 0.2) is 10.1 Å². The van der Waals surface area contributed by atoms with Gasteiger partial charge in [-0.3, -0.25) is 4.90 Å². The van der Waals surface area contributed by atoms with Crippen LogP contribution in [0.2, 0.25) is 0 Å². The van der Waals surface area contributed by atoms with Gasteiger partial charge in [-0.2, -0.15) is 0 Å². The van der Waals surface area contributed by atoms with E-state index in [1.165, 1.54) is 30.7 Å². The van der Waals surface area contributed by atoms with Crippen molar-refractivity contribution in [3.63, 3.8) is 0 Å². The van der Waals surface area contributed by atoms with E-state index < -0.39 is 0 Å². The monoisotopic (exact) mass is 377 g/mol. The van der Waals surface area contributed by atoms with Crippen LogP contribution in [0.1, 0.15) is 31.1 Å². The highest BCUT2D eigenvalue weighted by Gasteiger charge is 2.19. The molecule has 1 unspecified atom stereocenters. The minimum absolute atomic E-state index is 0.675. The zero-order valence-corrected chi connectivity index (χ0v) is 15.9. The molecule has 3 aromatic rings. The van der Waals surface area contributed by atoms with Gasteiger partial charge >= 0.3 is 0 Å². The van der Waals surface area contributed by atoms with Crippen LogP contribution in [0, 0.1) is 0 Å². The third kappa shape index (κ3) is 3.66. The van der Waals surface area contributed by atoms with Crippen molar-refractivity contribution in [2.75, 3.05) is 11.9 Å². The summed E-state index contributed by atoms with van der Waals surface area (Å²) in [6, 6.07) is 4.77. The minimum Gasteiger partial charge on any atom is -0.306 e. The average Bonchev–Trinajstić information content (AvgIpc) is 3.32. The second kappa shape index (κ2) is 7.26. The molecule has 1 fully saturated rings. The smallest absolute Gasteiger partial charge is 0.212 e. The number of hydrogen-bond acceptors (Lipinski definition) is 8. The molecule has 1 saturated heterocycles. The van der Waals surface area contributed by atoms with Crippen LogP contribution in [-0.4, -0.2) is 32.7 Å². The Labute approximate surface area is 153 Å². The molecule has 1 aliphatic rings. The van der Waals surface area contributed by atoms with Crippen LogP contribution >= 0.6 is 34.0 Å². The van der Waals surface area contributed by atoms with E-state index in [4.69, 9.17) is 0 Å². The van der Waals surface area contributed by atoms with Gasteiger partial charge in [-0.1, -0.05) is 23.8 Å². The molecule has 0 aromatic carbocycles. The maximum atomic E-state index is 4.50. The van der Waals surface area contributed by atoms with Crippen molar-refractivity contribution < 1.29 is 0 Å². The van der Waals surface area contributed by atoms with Gasteiger partial charge in [0.05, 0.1) is 4.88 Å². The largest absolute Gasteiger partial charge is 0.306 e. The van der Waals surface area contributed by atoms with Gasteiger partial charge < -0.3 is 5.32 Å². The normalized spacial score (nSPS) is 18.8. The van der Waals surface area contributed by atoms with E-state index in [1.807, 2.05) is 12.3 Å². The molecule has 0 amide bonds. The molecule has 1 aliphatic heterocycles. The molecule has 0 spiro atoms. The summed E-state index contributed by atoms with van der Waals surface area (Å²) in [6.45, 7) is 4.52. The molecule has 0 aliphatic carbocycles. The number of rotatable bonds is 5. The third-order valence-corrected chi connectivity index (χ3v) is 7.00. The molecule has 126 valence electrons. The second-order valence-electron chi connectivity index (χ2n) is 5.96. The zero-order valence-electron chi connectivity index (χ0n) is 13.4. The van der Waals surface area contributed by atoms with Crippen molar-refractivity contribution >= 4 is 44.3 Å². The molecule has 0 bridgehead atoms. The third-order valence-electron chi connectivity index (χ3n) is 4.22. The highest BCUT2D eigenvalue weighted by molar-refractivity contribution is 7.23. The van der Waals surface area contributed by atoms with Crippen molar-refractivity contribution in [1.82, 2.24) is 20.1 Å². The summed E-state index contributed by atoms with van der Waals surface area (Å²) in [5.74, 6) is 0. The van der Waals surface area contributed by atoms with Gasteiger partial charge in [0.2, 0.25) is 5.13 Å². The molecule has 4 heterocycles. The Morgan fingerprint density at radius 1 is 1.25 bits per heavy atom. The van der Waals surface area contributed by atoms with Crippen molar-refractivity contribution in [2.24, 2.45) is 0 Å². The van der Waals surface area contributed by atoms with Crippen molar-refractivity contribution in [3.8, 4) is 9.88 Å². The van der Waals surface area contributed by atoms with E-state index >= 15 is 0 Å². The molecule has 0 saturated carbocycles. The molecular formula is C16H19N5S3. The van der Waals surface area contributed by atoms with Gasteiger partial charge in [0.25, 0.3) is 0 Å². The number of likely N-dealkylation sites (tertiary alicyclic amines) is 1. The van der Waals surface area contributed by atoms with E-state index in [2.05, 4.69) is 43.8 Å². The van der Waals surface area contributed by atoms with E-state index in [9.17, 15) is 0 Å². The SMILES string of the molecule is CC1CCCCN1Cc1cnc(Nc2nnc(-c3cccs3)s2)s1. The summed E-state index contributed by atoms with van der Waals surface area (Å²) in [5, 5.41) is 16.5. The first-order chi connectivity index (χ1) is 11.8. The fourth-order valence-corrected chi connectivity index (χ4v) is 5.33.